The third-order valence-electron chi connectivity index (χ3n) is 4.24. The molecule has 0 radical (unpaired) electrons. The van der Waals surface area contributed by atoms with Crippen molar-refractivity contribution in [3.63, 3.8) is 0 Å². The molecule has 150 valence electrons. The average molecular weight is 431 g/mol. The van der Waals surface area contributed by atoms with Gasteiger partial charge in [0.25, 0.3) is 0 Å². The third-order valence-corrected chi connectivity index (χ3v) is 5.58. The summed E-state index contributed by atoms with van der Waals surface area (Å²) in [5.41, 5.74) is 1.49. The van der Waals surface area contributed by atoms with Crippen molar-refractivity contribution in [3.05, 3.63) is 53.3 Å². The van der Waals surface area contributed by atoms with Gasteiger partial charge in [-0.05, 0) is 53.7 Å². The van der Waals surface area contributed by atoms with E-state index in [-0.39, 0.29) is 12.3 Å². The molecule has 0 spiro atoms. The summed E-state index contributed by atoms with van der Waals surface area (Å²) in [5.74, 6) is 0.997. The van der Waals surface area contributed by atoms with Crippen molar-refractivity contribution in [1.82, 2.24) is 14.8 Å². The highest BCUT2D eigenvalue weighted by atomic mass is 35.5. The number of hydrogen-bond donors (Lipinski definition) is 1. The van der Waals surface area contributed by atoms with Gasteiger partial charge in [-0.15, -0.1) is 10.2 Å². The quantitative estimate of drug-likeness (QED) is 0.660. The molecule has 0 atom stereocenters. The molecule has 2 heterocycles. The normalized spacial score (nSPS) is 13.0. The summed E-state index contributed by atoms with van der Waals surface area (Å²) in [6.07, 6.45) is 2.64. The Labute approximate surface area is 177 Å². The van der Waals surface area contributed by atoms with E-state index in [0.717, 1.165) is 27.7 Å². The highest BCUT2D eigenvalue weighted by Crippen LogP contribution is 2.38. The fourth-order valence-corrected chi connectivity index (χ4v) is 3.90. The molecule has 7 nitrogen and oxygen atoms in total. The minimum atomic E-state index is -0.135. The zero-order chi connectivity index (χ0) is 20.2. The Morgan fingerprint density at radius 3 is 2.79 bits per heavy atom. The van der Waals surface area contributed by atoms with Crippen LogP contribution in [0, 0.1) is 0 Å². The van der Waals surface area contributed by atoms with Crippen molar-refractivity contribution >= 4 is 35.0 Å². The van der Waals surface area contributed by atoms with Gasteiger partial charge < -0.3 is 19.4 Å². The maximum absolute atomic E-state index is 12.5. The van der Waals surface area contributed by atoms with Gasteiger partial charge in [-0.1, -0.05) is 11.6 Å². The number of nitrogens with zero attached hydrogens (tertiary/aromatic N) is 3. The lowest BCUT2D eigenvalue weighted by Crippen LogP contribution is -2.14. The Morgan fingerprint density at radius 1 is 1.24 bits per heavy atom. The van der Waals surface area contributed by atoms with Gasteiger partial charge in [-0.25, -0.2) is 0 Å². The number of ether oxygens (including phenoxy) is 2. The predicted octanol–water partition coefficient (Wildman–Crippen LogP) is 3.96. The molecule has 0 saturated carbocycles. The highest BCUT2D eigenvalue weighted by molar-refractivity contribution is 7.99. The van der Waals surface area contributed by atoms with E-state index in [2.05, 4.69) is 15.5 Å². The first kappa shape index (κ1) is 19.6. The second-order valence-electron chi connectivity index (χ2n) is 6.53. The number of rotatable bonds is 5. The first-order valence-corrected chi connectivity index (χ1v) is 10.3. The Kier molecular flexibility index (Phi) is 5.92. The number of amides is 1. The van der Waals surface area contributed by atoms with E-state index in [9.17, 15) is 4.79 Å². The van der Waals surface area contributed by atoms with Crippen molar-refractivity contribution in [2.45, 2.75) is 22.9 Å². The van der Waals surface area contributed by atoms with Gasteiger partial charge in [-0.3, -0.25) is 4.79 Å². The van der Waals surface area contributed by atoms with Crippen LogP contribution in [0.2, 0.25) is 5.02 Å². The number of aromatic nitrogens is 3. The maximum atomic E-state index is 12.5. The fraction of sp³-hybridized carbons (Fsp3) is 0.250. The van der Waals surface area contributed by atoms with Crippen molar-refractivity contribution in [2.24, 2.45) is 7.05 Å². The van der Waals surface area contributed by atoms with Gasteiger partial charge in [0.05, 0.1) is 24.7 Å². The van der Waals surface area contributed by atoms with Crippen LogP contribution in [0.15, 0.2) is 52.8 Å². The molecule has 1 aliphatic heterocycles. The molecule has 29 heavy (non-hydrogen) atoms. The van der Waals surface area contributed by atoms with E-state index >= 15 is 0 Å². The number of carbonyl (C=O) groups excluding carboxylic acids is 1. The smallest absolute Gasteiger partial charge is 0.228 e. The minimum absolute atomic E-state index is 0.135. The third kappa shape index (κ3) is 4.83. The van der Waals surface area contributed by atoms with Crippen LogP contribution < -0.4 is 14.8 Å². The van der Waals surface area contributed by atoms with Crippen LogP contribution in [0.4, 0.5) is 5.69 Å². The lowest BCUT2D eigenvalue weighted by Gasteiger charge is -2.12. The molecule has 9 heteroatoms. The number of benzene rings is 2. The largest absolute Gasteiger partial charge is 0.489 e. The van der Waals surface area contributed by atoms with Gasteiger partial charge >= 0.3 is 0 Å². The van der Waals surface area contributed by atoms with Crippen molar-refractivity contribution < 1.29 is 14.3 Å². The molecule has 1 aliphatic rings. The number of nitrogens with one attached hydrogen (secondary N) is 1. The zero-order valence-corrected chi connectivity index (χ0v) is 17.3. The fourth-order valence-electron chi connectivity index (χ4n) is 2.85. The van der Waals surface area contributed by atoms with E-state index < -0.39 is 0 Å². The molecule has 0 bridgehead atoms. The summed E-state index contributed by atoms with van der Waals surface area (Å²) in [6, 6.07) is 11.1. The Morgan fingerprint density at radius 2 is 2.03 bits per heavy atom. The molecular formula is C20H19ClN4O3S. The highest BCUT2D eigenvalue weighted by Gasteiger charge is 2.17. The van der Waals surface area contributed by atoms with Crippen LogP contribution in [0.25, 0.3) is 0 Å². The second kappa shape index (κ2) is 8.75. The number of aryl methyl sites for hydroxylation is 1. The number of halogens is 1. The van der Waals surface area contributed by atoms with Crippen LogP contribution in [-0.2, 0) is 18.3 Å². The molecule has 0 saturated heterocycles. The van der Waals surface area contributed by atoms with Crippen LogP contribution in [0.3, 0.4) is 0 Å². The lowest BCUT2D eigenvalue weighted by molar-refractivity contribution is -0.115. The summed E-state index contributed by atoms with van der Waals surface area (Å²) >= 11 is 7.80. The van der Waals surface area contributed by atoms with Crippen molar-refractivity contribution in [2.75, 3.05) is 18.5 Å². The van der Waals surface area contributed by atoms with E-state index in [1.165, 1.54) is 11.8 Å². The topological polar surface area (TPSA) is 78.3 Å². The average Bonchev–Trinajstić information content (AvgIpc) is 2.94. The predicted molar refractivity (Wildman–Crippen MR) is 111 cm³/mol. The second-order valence-corrected chi connectivity index (χ2v) is 7.98. The van der Waals surface area contributed by atoms with Crippen molar-refractivity contribution in [1.29, 1.82) is 0 Å². The summed E-state index contributed by atoms with van der Waals surface area (Å²) in [5, 5.41) is 12.1. The SMILES string of the molecule is Cn1cnnc1Sc1ccc(NC(=O)Cc2cc(Cl)c3c(c2)OCCCO3)cc1. The molecule has 0 unspecified atom stereocenters. The Balaban J connectivity index is 1.39. The van der Waals surface area contributed by atoms with Gasteiger partial charge in [0.2, 0.25) is 5.91 Å². The monoisotopic (exact) mass is 430 g/mol. The molecule has 0 aliphatic carbocycles. The van der Waals surface area contributed by atoms with Crippen LogP contribution in [0.5, 0.6) is 11.5 Å². The summed E-state index contributed by atoms with van der Waals surface area (Å²) in [6.45, 7) is 1.13. The van der Waals surface area contributed by atoms with Gasteiger partial charge in [0, 0.05) is 24.1 Å². The minimum Gasteiger partial charge on any atom is -0.489 e. The molecule has 1 aromatic heterocycles. The summed E-state index contributed by atoms with van der Waals surface area (Å²) in [4.78, 5) is 13.5. The molecular weight excluding hydrogens is 412 g/mol. The summed E-state index contributed by atoms with van der Waals surface area (Å²) < 4.78 is 13.1. The lowest BCUT2D eigenvalue weighted by atomic mass is 10.1. The van der Waals surface area contributed by atoms with E-state index in [0.29, 0.717) is 29.7 Å². The molecule has 0 fully saturated rings. The number of anilines is 1. The van der Waals surface area contributed by atoms with Gasteiger partial charge in [0.15, 0.2) is 16.7 Å². The van der Waals surface area contributed by atoms with Crippen molar-refractivity contribution in [3.8, 4) is 11.5 Å². The zero-order valence-electron chi connectivity index (χ0n) is 15.7. The number of fused-ring (bicyclic) bond motifs is 1. The maximum Gasteiger partial charge on any atom is 0.228 e. The van der Waals surface area contributed by atoms with E-state index in [4.69, 9.17) is 21.1 Å². The van der Waals surface area contributed by atoms with Crippen LogP contribution in [-0.4, -0.2) is 33.9 Å². The number of carbonyl (C=O) groups is 1. The van der Waals surface area contributed by atoms with Crippen LogP contribution in [0.1, 0.15) is 12.0 Å². The van der Waals surface area contributed by atoms with Gasteiger partial charge in [0.1, 0.15) is 6.33 Å². The first-order valence-electron chi connectivity index (χ1n) is 9.08. The van der Waals surface area contributed by atoms with Crippen LogP contribution >= 0.6 is 23.4 Å². The molecule has 1 amide bonds. The first-order chi connectivity index (χ1) is 14.1. The standard InChI is InChI=1S/C20H19ClN4O3S/c1-25-12-22-24-20(25)29-15-5-3-14(4-6-15)23-18(26)11-13-9-16(21)19-17(10-13)27-7-2-8-28-19/h3-6,9-10,12H,2,7-8,11H2,1H3,(H,23,26). The Bertz CT molecular complexity index is 1020. The summed E-state index contributed by atoms with van der Waals surface area (Å²) in [7, 11) is 1.89. The molecule has 3 aromatic rings. The molecule has 1 N–H and O–H groups in total. The number of hydrogen-bond acceptors (Lipinski definition) is 6. The van der Waals surface area contributed by atoms with E-state index in [1.807, 2.05) is 41.9 Å². The van der Waals surface area contributed by atoms with E-state index in [1.54, 1.807) is 12.4 Å². The molecule has 2 aromatic carbocycles. The molecule has 4 rings (SSSR count). The Hall–Kier alpha value is -2.71. The van der Waals surface area contributed by atoms with Gasteiger partial charge in [-0.2, -0.15) is 0 Å².